The molecule has 3 rings (SSSR count). The first-order valence-corrected chi connectivity index (χ1v) is 6.94. The van der Waals surface area contributed by atoms with Gasteiger partial charge in [0.1, 0.15) is 0 Å². The van der Waals surface area contributed by atoms with Crippen LogP contribution >= 0.6 is 11.6 Å². The monoisotopic (exact) mass is 264 g/mol. The highest BCUT2D eigenvalue weighted by Crippen LogP contribution is 2.32. The fourth-order valence-electron chi connectivity index (χ4n) is 2.86. The van der Waals surface area contributed by atoms with Gasteiger partial charge in [-0.15, -0.1) is 0 Å². The van der Waals surface area contributed by atoms with Crippen molar-refractivity contribution in [3.63, 3.8) is 0 Å². The molecule has 3 nitrogen and oxygen atoms in total. The van der Waals surface area contributed by atoms with Crippen molar-refractivity contribution in [3.8, 4) is 0 Å². The third-order valence-electron chi connectivity index (χ3n) is 3.80. The molecule has 2 aromatic heterocycles. The van der Waals surface area contributed by atoms with Crippen LogP contribution < -0.4 is 0 Å². The lowest BCUT2D eigenvalue weighted by Gasteiger charge is -2.19. The maximum absolute atomic E-state index is 9.36. The maximum Gasteiger partial charge on any atom is 0.0854 e. The highest BCUT2D eigenvalue weighted by atomic mass is 35.5. The molecule has 0 unspecified atom stereocenters. The molecule has 1 aliphatic carbocycles. The van der Waals surface area contributed by atoms with Crippen LogP contribution in [-0.2, 0) is 6.61 Å². The number of halogens is 1. The van der Waals surface area contributed by atoms with Gasteiger partial charge in [0.05, 0.1) is 23.5 Å². The predicted octanol–water partition coefficient (Wildman–Crippen LogP) is 3.53. The summed E-state index contributed by atoms with van der Waals surface area (Å²) in [5.74, 6) is 0.573. The standard InChI is InChI=1S/C14H17ClN2O/c15-11-6-12-8-14(10-4-2-1-3-5-10)16-17(12)13(7-11)9-18/h6-8,10,18H,1-5,9H2. The lowest BCUT2D eigenvalue weighted by Crippen LogP contribution is -2.06. The Bertz CT molecular complexity index is 558. The molecule has 0 saturated heterocycles. The van der Waals surface area contributed by atoms with E-state index in [1.54, 1.807) is 6.07 Å². The second kappa shape index (κ2) is 4.90. The van der Waals surface area contributed by atoms with Gasteiger partial charge in [0.25, 0.3) is 0 Å². The van der Waals surface area contributed by atoms with Crippen molar-refractivity contribution in [2.75, 3.05) is 0 Å². The molecule has 0 radical (unpaired) electrons. The fraction of sp³-hybridized carbons (Fsp3) is 0.500. The first kappa shape index (κ1) is 12.0. The Morgan fingerprint density at radius 2 is 2.00 bits per heavy atom. The average molecular weight is 265 g/mol. The molecule has 0 aromatic carbocycles. The topological polar surface area (TPSA) is 37.5 Å². The summed E-state index contributed by atoms with van der Waals surface area (Å²) in [6.45, 7) is -0.0388. The first-order chi connectivity index (χ1) is 8.78. The summed E-state index contributed by atoms with van der Waals surface area (Å²) in [5, 5.41) is 14.7. The molecule has 1 fully saturated rings. The zero-order valence-corrected chi connectivity index (χ0v) is 11.0. The van der Waals surface area contributed by atoms with Crippen LogP contribution in [0.3, 0.4) is 0 Å². The van der Waals surface area contributed by atoms with Crippen LogP contribution in [0.2, 0.25) is 5.02 Å². The lowest BCUT2D eigenvalue weighted by atomic mass is 9.87. The lowest BCUT2D eigenvalue weighted by molar-refractivity contribution is 0.273. The Morgan fingerprint density at radius 1 is 1.22 bits per heavy atom. The molecule has 1 aliphatic rings. The predicted molar refractivity (Wildman–Crippen MR) is 72.0 cm³/mol. The summed E-state index contributed by atoms with van der Waals surface area (Å²) < 4.78 is 1.82. The smallest absolute Gasteiger partial charge is 0.0854 e. The number of aliphatic hydroxyl groups is 1. The molecule has 0 amide bonds. The zero-order valence-electron chi connectivity index (χ0n) is 10.3. The average Bonchev–Trinajstić information content (AvgIpc) is 2.82. The van der Waals surface area contributed by atoms with Gasteiger partial charge in [0.15, 0.2) is 0 Å². The number of hydrogen-bond donors (Lipinski definition) is 1. The Balaban J connectivity index is 2.04. The fourth-order valence-corrected chi connectivity index (χ4v) is 3.10. The summed E-state index contributed by atoms with van der Waals surface area (Å²) in [6, 6.07) is 5.78. The highest BCUT2D eigenvalue weighted by Gasteiger charge is 2.19. The molecule has 2 heterocycles. The largest absolute Gasteiger partial charge is 0.390 e. The van der Waals surface area contributed by atoms with Crippen molar-refractivity contribution in [3.05, 3.63) is 34.6 Å². The van der Waals surface area contributed by atoms with Crippen LogP contribution in [-0.4, -0.2) is 14.7 Å². The SMILES string of the molecule is OCc1cc(Cl)cc2cc(C3CCCCC3)nn12. The van der Waals surface area contributed by atoms with Gasteiger partial charge < -0.3 is 5.11 Å². The van der Waals surface area contributed by atoms with Crippen molar-refractivity contribution in [1.29, 1.82) is 0 Å². The summed E-state index contributed by atoms with van der Waals surface area (Å²) in [7, 11) is 0. The van der Waals surface area contributed by atoms with Gasteiger partial charge in [0.2, 0.25) is 0 Å². The Kier molecular flexibility index (Phi) is 3.27. The van der Waals surface area contributed by atoms with Crippen molar-refractivity contribution >= 4 is 17.1 Å². The van der Waals surface area contributed by atoms with Crippen molar-refractivity contribution in [1.82, 2.24) is 9.61 Å². The van der Waals surface area contributed by atoms with E-state index in [1.807, 2.05) is 10.6 Å². The van der Waals surface area contributed by atoms with E-state index in [9.17, 15) is 5.11 Å². The van der Waals surface area contributed by atoms with Crippen molar-refractivity contribution in [2.24, 2.45) is 0 Å². The highest BCUT2D eigenvalue weighted by molar-refractivity contribution is 6.30. The van der Waals surface area contributed by atoms with Gasteiger partial charge in [-0.1, -0.05) is 30.9 Å². The van der Waals surface area contributed by atoms with E-state index >= 15 is 0 Å². The molecule has 1 N–H and O–H groups in total. The second-order valence-electron chi connectivity index (χ2n) is 5.06. The van der Waals surface area contributed by atoms with Gasteiger partial charge >= 0.3 is 0 Å². The molecule has 2 aromatic rings. The molecule has 0 bridgehead atoms. The molecule has 18 heavy (non-hydrogen) atoms. The van der Waals surface area contributed by atoms with Crippen LogP contribution in [0.15, 0.2) is 18.2 Å². The van der Waals surface area contributed by atoms with Gasteiger partial charge in [-0.2, -0.15) is 5.10 Å². The third kappa shape index (κ3) is 2.13. The number of rotatable bonds is 2. The Labute approximate surface area is 111 Å². The van der Waals surface area contributed by atoms with Gasteiger partial charge in [-0.05, 0) is 31.0 Å². The minimum atomic E-state index is -0.0388. The van der Waals surface area contributed by atoms with Gasteiger partial charge in [-0.3, -0.25) is 0 Å². The molecule has 0 spiro atoms. The maximum atomic E-state index is 9.36. The molecule has 96 valence electrons. The van der Waals surface area contributed by atoms with Crippen LogP contribution in [0.5, 0.6) is 0 Å². The molecule has 4 heteroatoms. The number of nitrogens with zero attached hydrogens (tertiary/aromatic N) is 2. The minimum absolute atomic E-state index is 0.0388. The number of hydrogen-bond acceptors (Lipinski definition) is 2. The van der Waals surface area contributed by atoms with E-state index in [4.69, 9.17) is 11.6 Å². The molecular weight excluding hydrogens is 248 g/mol. The Hall–Kier alpha value is -1.06. The minimum Gasteiger partial charge on any atom is -0.390 e. The quantitative estimate of drug-likeness (QED) is 0.901. The van der Waals surface area contributed by atoms with Crippen molar-refractivity contribution in [2.45, 2.75) is 44.6 Å². The Morgan fingerprint density at radius 3 is 2.72 bits per heavy atom. The van der Waals surface area contributed by atoms with E-state index in [-0.39, 0.29) is 6.61 Å². The van der Waals surface area contributed by atoms with Crippen LogP contribution in [0.4, 0.5) is 0 Å². The first-order valence-electron chi connectivity index (χ1n) is 6.57. The summed E-state index contributed by atoms with van der Waals surface area (Å²) >= 11 is 6.05. The summed E-state index contributed by atoms with van der Waals surface area (Å²) in [5.41, 5.74) is 2.87. The number of aromatic nitrogens is 2. The van der Waals surface area contributed by atoms with E-state index in [2.05, 4.69) is 11.2 Å². The molecule has 1 saturated carbocycles. The number of pyridine rings is 1. The molecule has 0 aliphatic heterocycles. The van der Waals surface area contributed by atoms with E-state index < -0.39 is 0 Å². The van der Waals surface area contributed by atoms with E-state index in [1.165, 1.54) is 32.1 Å². The third-order valence-corrected chi connectivity index (χ3v) is 4.02. The zero-order chi connectivity index (χ0) is 12.5. The van der Waals surface area contributed by atoms with Crippen LogP contribution in [0, 0.1) is 0 Å². The number of aliphatic hydroxyl groups excluding tert-OH is 1. The summed E-state index contributed by atoms with van der Waals surface area (Å²) in [6.07, 6.45) is 6.40. The second-order valence-corrected chi connectivity index (χ2v) is 5.50. The molecule has 0 atom stereocenters. The summed E-state index contributed by atoms with van der Waals surface area (Å²) in [4.78, 5) is 0. The van der Waals surface area contributed by atoms with Gasteiger partial charge in [-0.25, -0.2) is 4.52 Å². The normalized spacial score (nSPS) is 17.4. The number of fused-ring (bicyclic) bond motifs is 1. The van der Waals surface area contributed by atoms with Crippen molar-refractivity contribution < 1.29 is 5.11 Å². The van der Waals surface area contributed by atoms with Gasteiger partial charge in [0, 0.05) is 10.9 Å². The van der Waals surface area contributed by atoms with E-state index in [0.717, 1.165) is 16.9 Å². The molecular formula is C14H17ClN2O. The van der Waals surface area contributed by atoms with Crippen LogP contribution in [0.25, 0.3) is 5.52 Å². The van der Waals surface area contributed by atoms with Crippen LogP contribution in [0.1, 0.15) is 49.4 Å². The van der Waals surface area contributed by atoms with E-state index in [0.29, 0.717) is 10.9 Å².